The van der Waals surface area contributed by atoms with Gasteiger partial charge in [0.25, 0.3) is 0 Å². The highest BCUT2D eigenvalue weighted by molar-refractivity contribution is 7.07. The van der Waals surface area contributed by atoms with E-state index >= 15 is 0 Å². The van der Waals surface area contributed by atoms with Crippen LogP contribution in [0.5, 0.6) is 0 Å². The Morgan fingerprint density at radius 3 is 2.94 bits per heavy atom. The summed E-state index contributed by atoms with van der Waals surface area (Å²) in [4.78, 5) is 11.9. The molecule has 16 heavy (non-hydrogen) atoms. The lowest BCUT2D eigenvalue weighted by Crippen LogP contribution is -2.16. The fourth-order valence-corrected chi connectivity index (χ4v) is 4.28. The van der Waals surface area contributed by atoms with Gasteiger partial charge < -0.3 is 0 Å². The maximum Gasteiger partial charge on any atom is 0.137 e. The summed E-state index contributed by atoms with van der Waals surface area (Å²) < 4.78 is 0. The molecule has 0 aromatic carbocycles. The van der Waals surface area contributed by atoms with Gasteiger partial charge in [-0.25, -0.2) is 0 Å². The molecule has 0 radical (unpaired) electrons. The lowest BCUT2D eigenvalue weighted by Gasteiger charge is -2.20. The SMILES string of the molecule is O=C(Cc1ccsc1)CC1CC2CCC1C2. The summed E-state index contributed by atoms with van der Waals surface area (Å²) in [5.74, 6) is 3.03. The second-order valence-electron chi connectivity index (χ2n) is 5.49. The van der Waals surface area contributed by atoms with Gasteiger partial charge in [0.1, 0.15) is 5.78 Å². The van der Waals surface area contributed by atoms with Crippen LogP contribution in [0, 0.1) is 17.8 Å². The molecule has 1 aromatic heterocycles. The Morgan fingerprint density at radius 2 is 2.31 bits per heavy atom. The Hall–Kier alpha value is -0.630. The first-order valence-electron chi connectivity index (χ1n) is 6.34. The van der Waals surface area contributed by atoms with Gasteiger partial charge in [-0.2, -0.15) is 11.3 Å². The molecule has 1 nitrogen and oxygen atoms in total. The molecule has 0 aliphatic heterocycles. The Kier molecular flexibility index (Phi) is 2.84. The van der Waals surface area contributed by atoms with Crippen LogP contribution in [0.4, 0.5) is 0 Å². The summed E-state index contributed by atoms with van der Waals surface area (Å²) in [5.41, 5.74) is 1.21. The Morgan fingerprint density at radius 1 is 1.38 bits per heavy atom. The van der Waals surface area contributed by atoms with Crippen molar-refractivity contribution in [2.45, 2.75) is 38.5 Å². The van der Waals surface area contributed by atoms with Crippen molar-refractivity contribution >= 4 is 17.1 Å². The zero-order chi connectivity index (χ0) is 11.0. The predicted molar refractivity (Wildman–Crippen MR) is 66.6 cm³/mol. The number of ketones is 1. The van der Waals surface area contributed by atoms with E-state index in [0.29, 0.717) is 12.2 Å². The number of carbonyl (C=O) groups excluding carboxylic acids is 1. The van der Waals surface area contributed by atoms with Crippen molar-refractivity contribution in [3.63, 3.8) is 0 Å². The van der Waals surface area contributed by atoms with Gasteiger partial charge in [0.05, 0.1) is 0 Å². The highest BCUT2D eigenvalue weighted by atomic mass is 32.1. The molecule has 2 heteroatoms. The smallest absolute Gasteiger partial charge is 0.137 e. The van der Waals surface area contributed by atoms with Gasteiger partial charge in [-0.15, -0.1) is 0 Å². The van der Waals surface area contributed by atoms with Crippen molar-refractivity contribution in [2.24, 2.45) is 17.8 Å². The molecule has 0 amide bonds. The molecule has 2 bridgehead atoms. The number of carbonyl (C=O) groups is 1. The summed E-state index contributed by atoms with van der Waals surface area (Å²) in [6.07, 6.45) is 7.08. The average Bonchev–Trinajstić information content (AvgIpc) is 2.92. The van der Waals surface area contributed by atoms with Crippen LogP contribution in [0.15, 0.2) is 16.8 Å². The lowest BCUT2D eigenvalue weighted by atomic mass is 9.84. The minimum Gasteiger partial charge on any atom is -0.299 e. The molecule has 3 unspecified atom stereocenters. The van der Waals surface area contributed by atoms with E-state index in [4.69, 9.17) is 0 Å². The van der Waals surface area contributed by atoms with E-state index in [1.165, 1.54) is 31.2 Å². The number of hydrogen-bond acceptors (Lipinski definition) is 2. The van der Waals surface area contributed by atoms with Crippen molar-refractivity contribution in [3.05, 3.63) is 22.4 Å². The zero-order valence-electron chi connectivity index (χ0n) is 9.52. The predicted octanol–water partition coefficient (Wildman–Crippen LogP) is 3.69. The Bertz CT molecular complexity index is 368. The zero-order valence-corrected chi connectivity index (χ0v) is 10.3. The van der Waals surface area contributed by atoms with Crippen LogP contribution in [0.25, 0.3) is 0 Å². The fourth-order valence-electron chi connectivity index (χ4n) is 3.61. The monoisotopic (exact) mass is 234 g/mol. The maximum absolute atomic E-state index is 11.9. The highest BCUT2D eigenvalue weighted by Crippen LogP contribution is 2.49. The molecule has 86 valence electrons. The molecule has 2 fully saturated rings. The average molecular weight is 234 g/mol. The molecule has 2 saturated carbocycles. The number of thiophene rings is 1. The normalized spacial score (nSPS) is 32.1. The summed E-state index contributed by atoms with van der Waals surface area (Å²) >= 11 is 1.68. The van der Waals surface area contributed by atoms with Gasteiger partial charge >= 0.3 is 0 Å². The van der Waals surface area contributed by atoms with Gasteiger partial charge in [0.2, 0.25) is 0 Å². The standard InChI is InChI=1S/C14H18OS/c15-14(7-11-3-4-16-9-11)8-13-6-10-1-2-12(13)5-10/h3-4,9-10,12-13H,1-2,5-8H2. The van der Waals surface area contributed by atoms with Crippen molar-refractivity contribution in [2.75, 3.05) is 0 Å². The molecule has 0 N–H and O–H groups in total. The second kappa shape index (κ2) is 4.33. The van der Waals surface area contributed by atoms with Crippen LogP contribution < -0.4 is 0 Å². The number of Topliss-reactive ketones (excluding diaryl/α,β-unsaturated/α-hetero) is 1. The topological polar surface area (TPSA) is 17.1 Å². The van der Waals surface area contributed by atoms with E-state index in [0.717, 1.165) is 24.2 Å². The molecule has 2 aliphatic carbocycles. The van der Waals surface area contributed by atoms with E-state index in [9.17, 15) is 4.79 Å². The molecule has 0 spiro atoms. The summed E-state index contributed by atoms with van der Waals surface area (Å²) in [5, 5.41) is 4.15. The lowest BCUT2D eigenvalue weighted by molar-refractivity contribution is -0.119. The molecule has 3 rings (SSSR count). The molecule has 1 heterocycles. The Balaban J connectivity index is 1.53. The molecule has 3 atom stereocenters. The van der Waals surface area contributed by atoms with Crippen molar-refractivity contribution in [3.8, 4) is 0 Å². The van der Waals surface area contributed by atoms with Crippen LogP contribution in [-0.2, 0) is 11.2 Å². The van der Waals surface area contributed by atoms with E-state index in [1.54, 1.807) is 11.3 Å². The van der Waals surface area contributed by atoms with Gasteiger partial charge in [0.15, 0.2) is 0 Å². The minimum atomic E-state index is 0.455. The molecular formula is C14H18OS. The summed E-state index contributed by atoms with van der Waals surface area (Å²) in [6, 6.07) is 2.07. The number of fused-ring (bicyclic) bond motifs is 2. The van der Waals surface area contributed by atoms with Crippen LogP contribution >= 0.6 is 11.3 Å². The third-order valence-corrected chi connectivity index (χ3v) is 5.09. The largest absolute Gasteiger partial charge is 0.299 e. The van der Waals surface area contributed by atoms with Gasteiger partial charge in [-0.3, -0.25) is 4.79 Å². The number of hydrogen-bond donors (Lipinski definition) is 0. The first-order valence-corrected chi connectivity index (χ1v) is 7.28. The van der Waals surface area contributed by atoms with Gasteiger partial charge in [-0.05, 0) is 59.4 Å². The molecule has 0 saturated heterocycles. The molecular weight excluding hydrogens is 216 g/mol. The van der Waals surface area contributed by atoms with Crippen LogP contribution in [0.1, 0.15) is 37.7 Å². The minimum absolute atomic E-state index is 0.455. The third-order valence-electron chi connectivity index (χ3n) is 4.36. The summed E-state index contributed by atoms with van der Waals surface area (Å²) in [7, 11) is 0. The molecule has 2 aliphatic rings. The first kappa shape index (κ1) is 10.5. The summed E-state index contributed by atoms with van der Waals surface area (Å²) in [6.45, 7) is 0. The van der Waals surface area contributed by atoms with Crippen molar-refractivity contribution < 1.29 is 4.79 Å². The van der Waals surface area contributed by atoms with Crippen molar-refractivity contribution in [1.82, 2.24) is 0 Å². The van der Waals surface area contributed by atoms with Gasteiger partial charge in [0, 0.05) is 12.8 Å². The second-order valence-corrected chi connectivity index (χ2v) is 6.27. The number of rotatable bonds is 4. The third kappa shape index (κ3) is 2.08. The fraction of sp³-hybridized carbons (Fsp3) is 0.643. The maximum atomic E-state index is 11.9. The van der Waals surface area contributed by atoms with E-state index in [2.05, 4.69) is 16.8 Å². The van der Waals surface area contributed by atoms with E-state index in [1.807, 2.05) is 0 Å². The molecule has 1 aromatic rings. The van der Waals surface area contributed by atoms with Crippen molar-refractivity contribution in [1.29, 1.82) is 0 Å². The van der Waals surface area contributed by atoms with Gasteiger partial charge in [-0.1, -0.05) is 6.42 Å². The van der Waals surface area contributed by atoms with Crippen LogP contribution in [0.3, 0.4) is 0 Å². The Labute approximate surface area is 101 Å². The van der Waals surface area contributed by atoms with Crippen LogP contribution in [0.2, 0.25) is 0 Å². The highest BCUT2D eigenvalue weighted by Gasteiger charge is 2.39. The van der Waals surface area contributed by atoms with E-state index < -0.39 is 0 Å². The van der Waals surface area contributed by atoms with Crippen LogP contribution in [-0.4, -0.2) is 5.78 Å². The first-order chi connectivity index (χ1) is 7.81. The quantitative estimate of drug-likeness (QED) is 0.776. The van der Waals surface area contributed by atoms with E-state index in [-0.39, 0.29) is 0 Å².